The summed E-state index contributed by atoms with van der Waals surface area (Å²) < 4.78 is 28.2. The van der Waals surface area contributed by atoms with E-state index >= 15 is 0 Å². The highest BCUT2D eigenvalue weighted by molar-refractivity contribution is 7.89. The Balaban J connectivity index is 2.58. The van der Waals surface area contributed by atoms with Gasteiger partial charge in [0.2, 0.25) is 5.91 Å². The number of imidazole rings is 1. The van der Waals surface area contributed by atoms with E-state index in [2.05, 4.69) is 15.1 Å². The standard InChI is InChI=1S/C10H14N6O3S/c1-6(8(11)17)15-20(18,19)10-9(14-12)13-7-4-2-3-5-16(7)10/h2-6,14-15H,12H2,1H3,(H2,11,17). The van der Waals surface area contributed by atoms with Crippen LogP contribution in [0.2, 0.25) is 0 Å². The fourth-order valence-corrected chi connectivity index (χ4v) is 3.14. The minimum atomic E-state index is -4.02. The minimum Gasteiger partial charge on any atom is -0.368 e. The summed E-state index contributed by atoms with van der Waals surface area (Å²) in [6, 6.07) is 3.92. The van der Waals surface area contributed by atoms with E-state index in [0.29, 0.717) is 5.65 Å². The van der Waals surface area contributed by atoms with Crippen LogP contribution in [0.4, 0.5) is 5.82 Å². The third-order valence-corrected chi connectivity index (χ3v) is 4.20. The first kappa shape index (κ1) is 14.2. The van der Waals surface area contributed by atoms with Gasteiger partial charge in [0, 0.05) is 6.20 Å². The van der Waals surface area contributed by atoms with E-state index in [9.17, 15) is 13.2 Å². The lowest BCUT2D eigenvalue weighted by atomic mass is 10.4. The van der Waals surface area contributed by atoms with E-state index in [0.717, 1.165) is 0 Å². The van der Waals surface area contributed by atoms with Crippen LogP contribution in [0.25, 0.3) is 5.65 Å². The van der Waals surface area contributed by atoms with Gasteiger partial charge in [-0.15, -0.1) is 0 Å². The van der Waals surface area contributed by atoms with E-state index in [4.69, 9.17) is 11.6 Å². The van der Waals surface area contributed by atoms with Gasteiger partial charge < -0.3 is 11.2 Å². The average molecular weight is 298 g/mol. The molecule has 0 fully saturated rings. The molecule has 0 aliphatic heterocycles. The van der Waals surface area contributed by atoms with Crippen LogP contribution in [-0.2, 0) is 14.8 Å². The molecule has 1 unspecified atom stereocenters. The van der Waals surface area contributed by atoms with Crippen molar-refractivity contribution in [1.29, 1.82) is 0 Å². The van der Waals surface area contributed by atoms with Gasteiger partial charge in [-0.05, 0) is 19.1 Å². The Morgan fingerprint density at radius 1 is 1.45 bits per heavy atom. The number of carbonyl (C=O) groups is 1. The monoisotopic (exact) mass is 298 g/mol. The molecule has 0 aliphatic carbocycles. The zero-order valence-electron chi connectivity index (χ0n) is 10.6. The van der Waals surface area contributed by atoms with Gasteiger partial charge in [-0.3, -0.25) is 9.20 Å². The summed E-state index contributed by atoms with van der Waals surface area (Å²) in [6.45, 7) is 1.35. The Hall–Kier alpha value is -2.17. The number of fused-ring (bicyclic) bond motifs is 1. The lowest BCUT2D eigenvalue weighted by molar-refractivity contribution is -0.119. The molecule has 2 aromatic heterocycles. The number of primary amides is 1. The highest BCUT2D eigenvalue weighted by Crippen LogP contribution is 2.21. The Labute approximate surface area is 115 Å². The fraction of sp³-hybridized carbons (Fsp3) is 0.200. The smallest absolute Gasteiger partial charge is 0.261 e. The van der Waals surface area contributed by atoms with E-state index < -0.39 is 22.0 Å². The van der Waals surface area contributed by atoms with Gasteiger partial charge in [-0.25, -0.2) is 19.2 Å². The van der Waals surface area contributed by atoms with Crippen LogP contribution < -0.4 is 21.7 Å². The van der Waals surface area contributed by atoms with Crippen LogP contribution in [-0.4, -0.2) is 29.8 Å². The summed E-state index contributed by atoms with van der Waals surface area (Å²) in [5, 5.41) is -0.191. The number of hydrogen-bond donors (Lipinski definition) is 4. The quantitative estimate of drug-likeness (QED) is 0.402. The van der Waals surface area contributed by atoms with Gasteiger partial charge in [-0.2, -0.15) is 4.72 Å². The van der Waals surface area contributed by atoms with Crippen molar-refractivity contribution in [3.8, 4) is 0 Å². The van der Waals surface area contributed by atoms with Gasteiger partial charge in [0.15, 0.2) is 10.8 Å². The first-order valence-corrected chi connectivity index (χ1v) is 7.10. The lowest BCUT2D eigenvalue weighted by Crippen LogP contribution is -2.42. The van der Waals surface area contributed by atoms with E-state index in [1.54, 1.807) is 18.2 Å². The Kier molecular flexibility index (Phi) is 3.61. The number of pyridine rings is 1. The molecule has 1 atom stereocenters. The molecule has 2 aromatic rings. The molecular weight excluding hydrogens is 284 g/mol. The molecule has 0 aromatic carbocycles. The van der Waals surface area contributed by atoms with E-state index in [-0.39, 0.29) is 10.8 Å². The number of carbonyl (C=O) groups excluding carboxylic acids is 1. The van der Waals surface area contributed by atoms with Crippen molar-refractivity contribution in [2.45, 2.75) is 18.0 Å². The van der Waals surface area contributed by atoms with Crippen LogP contribution in [0.3, 0.4) is 0 Å². The summed E-state index contributed by atoms with van der Waals surface area (Å²) >= 11 is 0. The Morgan fingerprint density at radius 2 is 2.15 bits per heavy atom. The molecule has 0 radical (unpaired) electrons. The highest BCUT2D eigenvalue weighted by Gasteiger charge is 2.27. The van der Waals surface area contributed by atoms with Gasteiger partial charge in [-0.1, -0.05) is 6.07 Å². The van der Waals surface area contributed by atoms with Crippen LogP contribution in [0, 0.1) is 0 Å². The minimum absolute atomic E-state index is 0.0274. The Morgan fingerprint density at radius 3 is 2.75 bits per heavy atom. The molecular formula is C10H14N6O3S. The summed E-state index contributed by atoms with van der Waals surface area (Å²) in [5.41, 5.74) is 7.67. The van der Waals surface area contributed by atoms with E-state index in [1.165, 1.54) is 17.5 Å². The van der Waals surface area contributed by atoms with Crippen molar-refractivity contribution in [3.05, 3.63) is 24.4 Å². The number of amides is 1. The van der Waals surface area contributed by atoms with Gasteiger partial charge >= 0.3 is 0 Å². The number of hydrazine groups is 1. The normalized spacial score (nSPS) is 13.3. The SMILES string of the molecule is CC(NS(=O)(=O)c1c(NN)nc2ccccn12)C(N)=O. The zero-order valence-corrected chi connectivity index (χ0v) is 11.4. The van der Waals surface area contributed by atoms with Crippen LogP contribution in [0.5, 0.6) is 0 Å². The number of aromatic nitrogens is 2. The first-order chi connectivity index (χ1) is 9.36. The maximum Gasteiger partial charge on any atom is 0.261 e. The van der Waals surface area contributed by atoms with Crippen molar-refractivity contribution < 1.29 is 13.2 Å². The average Bonchev–Trinajstić information content (AvgIpc) is 2.77. The molecule has 20 heavy (non-hydrogen) atoms. The molecule has 0 spiro atoms. The number of hydrogen-bond acceptors (Lipinski definition) is 6. The molecule has 2 rings (SSSR count). The third-order valence-electron chi connectivity index (χ3n) is 2.64. The Bertz CT molecular complexity index is 753. The molecule has 0 saturated heterocycles. The fourth-order valence-electron chi connectivity index (χ4n) is 1.67. The highest BCUT2D eigenvalue weighted by atomic mass is 32.2. The molecule has 10 heteroatoms. The summed E-state index contributed by atoms with van der Waals surface area (Å²) in [5.74, 6) is 4.48. The number of nitrogen functional groups attached to an aromatic ring is 1. The summed E-state index contributed by atoms with van der Waals surface area (Å²) in [6.07, 6.45) is 1.52. The lowest BCUT2D eigenvalue weighted by Gasteiger charge is -2.11. The zero-order chi connectivity index (χ0) is 14.9. The number of rotatable bonds is 5. The number of nitrogens with one attached hydrogen (secondary N) is 2. The van der Waals surface area contributed by atoms with Gasteiger partial charge in [0.1, 0.15) is 5.65 Å². The van der Waals surface area contributed by atoms with Gasteiger partial charge in [0.25, 0.3) is 10.0 Å². The molecule has 0 saturated carbocycles. The molecule has 0 aliphatic rings. The predicted molar refractivity (Wildman–Crippen MR) is 72.0 cm³/mol. The van der Waals surface area contributed by atoms with Crippen LogP contribution in [0.15, 0.2) is 29.4 Å². The number of sulfonamides is 1. The number of nitrogens with zero attached hydrogens (tertiary/aromatic N) is 2. The van der Waals surface area contributed by atoms with Crippen molar-refractivity contribution in [2.24, 2.45) is 11.6 Å². The molecule has 6 N–H and O–H groups in total. The molecule has 108 valence electrons. The summed E-state index contributed by atoms with van der Waals surface area (Å²) in [7, 11) is -4.02. The maximum absolute atomic E-state index is 12.3. The number of anilines is 1. The van der Waals surface area contributed by atoms with E-state index in [1.807, 2.05) is 0 Å². The van der Waals surface area contributed by atoms with Crippen LogP contribution >= 0.6 is 0 Å². The van der Waals surface area contributed by atoms with Gasteiger partial charge in [0.05, 0.1) is 6.04 Å². The third kappa shape index (κ3) is 2.43. The number of nitrogens with two attached hydrogens (primary N) is 2. The van der Waals surface area contributed by atoms with Crippen molar-refractivity contribution in [1.82, 2.24) is 14.1 Å². The maximum atomic E-state index is 12.3. The van der Waals surface area contributed by atoms with Crippen LogP contribution in [0.1, 0.15) is 6.92 Å². The van der Waals surface area contributed by atoms with Crippen molar-refractivity contribution >= 4 is 27.4 Å². The summed E-state index contributed by atoms with van der Waals surface area (Å²) in [4.78, 5) is 15.0. The largest absolute Gasteiger partial charge is 0.368 e. The topological polar surface area (TPSA) is 145 Å². The molecule has 2 heterocycles. The predicted octanol–water partition coefficient (Wildman–Crippen LogP) is -1.23. The molecule has 0 bridgehead atoms. The van der Waals surface area contributed by atoms with Crippen molar-refractivity contribution in [2.75, 3.05) is 5.43 Å². The molecule has 9 nitrogen and oxygen atoms in total. The first-order valence-electron chi connectivity index (χ1n) is 5.62. The second-order valence-corrected chi connectivity index (χ2v) is 5.71. The second-order valence-electron chi connectivity index (χ2n) is 4.08. The second kappa shape index (κ2) is 5.07. The molecule has 1 amide bonds. The van der Waals surface area contributed by atoms with Crippen molar-refractivity contribution in [3.63, 3.8) is 0 Å².